The molecule has 0 saturated heterocycles. The monoisotopic (exact) mass is 291 g/mol. The number of likely N-dealkylation sites (N-methyl/N-ethyl adjacent to an activating group) is 1. The van der Waals surface area contributed by atoms with Gasteiger partial charge in [-0.05, 0) is 25.5 Å². The molecule has 21 heavy (non-hydrogen) atoms. The van der Waals surface area contributed by atoms with E-state index in [2.05, 4.69) is 67.2 Å². The molecular formula is C17H29N3O. The van der Waals surface area contributed by atoms with Gasteiger partial charge in [-0.2, -0.15) is 0 Å². The Morgan fingerprint density at radius 1 is 1.24 bits per heavy atom. The lowest BCUT2D eigenvalue weighted by Gasteiger charge is -2.39. The summed E-state index contributed by atoms with van der Waals surface area (Å²) in [5.41, 5.74) is 2.38. The molecule has 1 aromatic carbocycles. The summed E-state index contributed by atoms with van der Waals surface area (Å²) < 4.78 is 0. The molecule has 0 fully saturated rings. The largest absolute Gasteiger partial charge is 0.394 e. The highest BCUT2D eigenvalue weighted by atomic mass is 16.3. The molecule has 2 rings (SSSR count). The summed E-state index contributed by atoms with van der Waals surface area (Å²) in [5.74, 6) is 0. The first-order valence-corrected chi connectivity index (χ1v) is 7.89. The van der Waals surface area contributed by atoms with Crippen molar-refractivity contribution in [3.05, 3.63) is 24.3 Å². The van der Waals surface area contributed by atoms with Gasteiger partial charge in [-0.3, -0.25) is 0 Å². The maximum Gasteiger partial charge on any atom is 0.0611 e. The number of benzene rings is 1. The number of aliphatic hydroxyl groups is 1. The van der Waals surface area contributed by atoms with Crippen LogP contribution in [0.4, 0.5) is 11.4 Å². The highest BCUT2D eigenvalue weighted by Gasteiger charge is 2.26. The minimum Gasteiger partial charge on any atom is -0.394 e. The van der Waals surface area contributed by atoms with Crippen LogP contribution >= 0.6 is 0 Å². The molecule has 1 unspecified atom stereocenters. The van der Waals surface area contributed by atoms with Gasteiger partial charge in [-0.25, -0.2) is 0 Å². The summed E-state index contributed by atoms with van der Waals surface area (Å²) in [5, 5.41) is 13.2. The number of rotatable bonds is 6. The minimum absolute atomic E-state index is 0.167. The second-order valence-corrected chi connectivity index (χ2v) is 6.67. The summed E-state index contributed by atoms with van der Waals surface area (Å²) in [7, 11) is 2.15. The summed E-state index contributed by atoms with van der Waals surface area (Å²) in [6.45, 7) is 9.57. The quantitative estimate of drug-likeness (QED) is 0.842. The third kappa shape index (κ3) is 3.89. The van der Waals surface area contributed by atoms with Crippen molar-refractivity contribution in [2.45, 2.75) is 38.8 Å². The first kappa shape index (κ1) is 16.1. The van der Waals surface area contributed by atoms with Crippen molar-refractivity contribution in [1.29, 1.82) is 0 Å². The molecular weight excluding hydrogens is 262 g/mol. The van der Waals surface area contributed by atoms with E-state index in [0.717, 1.165) is 26.1 Å². The number of anilines is 2. The van der Waals surface area contributed by atoms with E-state index in [0.29, 0.717) is 6.04 Å². The molecule has 1 aromatic rings. The molecule has 2 N–H and O–H groups in total. The Labute approximate surface area is 128 Å². The number of hydrogen-bond acceptors (Lipinski definition) is 4. The summed E-state index contributed by atoms with van der Waals surface area (Å²) in [6, 6.07) is 8.94. The van der Waals surface area contributed by atoms with Crippen LogP contribution < -0.4 is 15.1 Å². The third-order valence-corrected chi connectivity index (χ3v) is 4.26. The molecule has 0 bridgehead atoms. The molecule has 0 spiro atoms. The summed E-state index contributed by atoms with van der Waals surface area (Å²) >= 11 is 0. The van der Waals surface area contributed by atoms with Crippen molar-refractivity contribution >= 4 is 11.4 Å². The maximum absolute atomic E-state index is 9.71. The zero-order valence-electron chi connectivity index (χ0n) is 13.8. The van der Waals surface area contributed by atoms with Crippen molar-refractivity contribution in [2.24, 2.45) is 0 Å². The van der Waals surface area contributed by atoms with Crippen LogP contribution in [0.2, 0.25) is 0 Å². The van der Waals surface area contributed by atoms with Crippen LogP contribution in [0.3, 0.4) is 0 Å². The molecule has 1 aliphatic heterocycles. The van der Waals surface area contributed by atoms with Crippen molar-refractivity contribution in [3.8, 4) is 0 Å². The van der Waals surface area contributed by atoms with Crippen molar-refractivity contribution in [2.75, 3.05) is 43.1 Å². The van der Waals surface area contributed by atoms with Crippen LogP contribution in [0.1, 0.15) is 27.2 Å². The Kier molecular flexibility index (Phi) is 5.12. The van der Waals surface area contributed by atoms with E-state index in [1.165, 1.54) is 11.4 Å². The van der Waals surface area contributed by atoms with Crippen molar-refractivity contribution in [3.63, 3.8) is 0 Å². The van der Waals surface area contributed by atoms with Gasteiger partial charge in [-0.15, -0.1) is 0 Å². The second kappa shape index (κ2) is 6.67. The standard InChI is InChI=1S/C17H29N3O/c1-14(2)18-17(3,13-21)9-10-20-12-11-19(4)15-7-5-6-8-16(15)20/h5-8,14,18,21H,9-13H2,1-4H3. The fourth-order valence-electron chi connectivity index (χ4n) is 3.07. The van der Waals surface area contributed by atoms with Gasteiger partial charge in [0.1, 0.15) is 0 Å². The van der Waals surface area contributed by atoms with Gasteiger partial charge in [-0.1, -0.05) is 26.0 Å². The van der Waals surface area contributed by atoms with Crippen molar-refractivity contribution in [1.82, 2.24) is 5.32 Å². The van der Waals surface area contributed by atoms with Crippen LogP contribution in [0.25, 0.3) is 0 Å². The van der Waals surface area contributed by atoms with Crippen LogP contribution in [0, 0.1) is 0 Å². The van der Waals surface area contributed by atoms with E-state index in [1.54, 1.807) is 0 Å². The van der Waals surface area contributed by atoms with Gasteiger partial charge in [0, 0.05) is 38.3 Å². The van der Waals surface area contributed by atoms with Crippen LogP contribution in [0.5, 0.6) is 0 Å². The Bertz CT molecular complexity index is 463. The molecule has 4 heteroatoms. The number of fused-ring (bicyclic) bond motifs is 1. The first-order valence-electron chi connectivity index (χ1n) is 7.89. The van der Waals surface area contributed by atoms with Gasteiger partial charge in [0.25, 0.3) is 0 Å². The average Bonchev–Trinajstić information content (AvgIpc) is 2.46. The zero-order valence-corrected chi connectivity index (χ0v) is 13.8. The summed E-state index contributed by atoms with van der Waals surface area (Å²) in [6.07, 6.45) is 0.930. The normalized spacial score (nSPS) is 17.8. The molecule has 0 amide bonds. The molecule has 4 nitrogen and oxygen atoms in total. The van der Waals surface area contributed by atoms with E-state index in [1.807, 2.05) is 0 Å². The van der Waals surface area contributed by atoms with E-state index in [9.17, 15) is 5.11 Å². The Balaban J connectivity index is 2.05. The van der Waals surface area contributed by atoms with Crippen LogP contribution in [0.15, 0.2) is 24.3 Å². The Morgan fingerprint density at radius 3 is 2.52 bits per heavy atom. The predicted octanol–water partition coefficient (Wildman–Crippen LogP) is 2.08. The lowest BCUT2D eigenvalue weighted by molar-refractivity contribution is 0.158. The van der Waals surface area contributed by atoms with Gasteiger partial charge >= 0.3 is 0 Å². The van der Waals surface area contributed by atoms with Crippen LogP contribution in [-0.4, -0.2) is 50.0 Å². The number of nitrogens with one attached hydrogen (secondary N) is 1. The fraction of sp³-hybridized carbons (Fsp3) is 0.647. The number of nitrogens with zero attached hydrogens (tertiary/aromatic N) is 2. The minimum atomic E-state index is -0.216. The molecule has 1 aliphatic rings. The zero-order chi connectivity index (χ0) is 15.5. The first-order chi connectivity index (χ1) is 9.95. The lowest BCUT2D eigenvalue weighted by atomic mass is 9.97. The highest BCUT2D eigenvalue weighted by molar-refractivity contribution is 5.73. The molecule has 1 atom stereocenters. The van der Waals surface area contributed by atoms with Crippen molar-refractivity contribution < 1.29 is 5.11 Å². The molecule has 0 aliphatic carbocycles. The maximum atomic E-state index is 9.71. The number of para-hydroxylation sites is 2. The van der Waals surface area contributed by atoms with Gasteiger partial charge in [0.05, 0.1) is 18.0 Å². The molecule has 0 saturated carbocycles. The third-order valence-electron chi connectivity index (χ3n) is 4.26. The lowest BCUT2D eigenvalue weighted by Crippen LogP contribution is -2.51. The number of hydrogen-bond donors (Lipinski definition) is 2. The predicted molar refractivity (Wildman–Crippen MR) is 90.3 cm³/mol. The topological polar surface area (TPSA) is 38.7 Å². The SMILES string of the molecule is CC(C)NC(C)(CO)CCN1CCN(C)c2ccccc21. The van der Waals surface area contributed by atoms with E-state index in [-0.39, 0.29) is 12.1 Å². The van der Waals surface area contributed by atoms with Crippen LogP contribution in [-0.2, 0) is 0 Å². The molecule has 0 aromatic heterocycles. The van der Waals surface area contributed by atoms with E-state index < -0.39 is 0 Å². The fourth-order valence-corrected chi connectivity index (χ4v) is 3.07. The average molecular weight is 291 g/mol. The number of aliphatic hydroxyl groups excluding tert-OH is 1. The van der Waals surface area contributed by atoms with Gasteiger partial charge in [0.15, 0.2) is 0 Å². The highest BCUT2D eigenvalue weighted by Crippen LogP contribution is 2.32. The van der Waals surface area contributed by atoms with E-state index in [4.69, 9.17) is 0 Å². The van der Waals surface area contributed by atoms with E-state index >= 15 is 0 Å². The van der Waals surface area contributed by atoms with Gasteiger partial charge < -0.3 is 20.2 Å². The molecule has 118 valence electrons. The smallest absolute Gasteiger partial charge is 0.0611 e. The molecule has 1 heterocycles. The second-order valence-electron chi connectivity index (χ2n) is 6.67. The Hall–Kier alpha value is -1.26. The Morgan fingerprint density at radius 2 is 1.90 bits per heavy atom. The molecule has 0 radical (unpaired) electrons. The summed E-state index contributed by atoms with van der Waals surface area (Å²) in [4.78, 5) is 4.74. The van der Waals surface area contributed by atoms with Gasteiger partial charge in [0.2, 0.25) is 0 Å².